The fourth-order valence-corrected chi connectivity index (χ4v) is 4.49. The van der Waals surface area contributed by atoms with Gasteiger partial charge in [0.2, 0.25) is 5.91 Å². The highest BCUT2D eigenvalue weighted by Crippen LogP contribution is 2.36. The maximum Gasteiger partial charge on any atom is 0.258 e. The third-order valence-corrected chi connectivity index (χ3v) is 6.14. The molecule has 0 spiro atoms. The van der Waals surface area contributed by atoms with Crippen molar-refractivity contribution in [1.82, 2.24) is 14.9 Å². The van der Waals surface area contributed by atoms with E-state index in [0.717, 1.165) is 25.0 Å². The van der Waals surface area contributed by atoms with Crippen LogP contribution in [0.2, 0.25) is 0 Å². The summed E-state index contributed by atoms with van der Waals surface area (Å²) < 4.78 is 5.36. The van der Waals surface area contributed by atoms with Crippen LogP contribution in [0.15, 0.2) is 47.3 Å². The highest BCUT2D eigenvalue weighted by Gasteiger charge is 2.27. The molecule has 0 saturated heterocycles. The maximum absolute atomic E-state index is 13.3. The Labute approximate surface area is 182 Å². The summed E-state index contributed by atoms with van der Waals surface area (Å²) in [5.41, 5.74) is 3.00. The maximum atomic E-state index is 13.3. The smallest absolute Gasteiger partial charge is 0.258 e. The number of H-pyrrole nitrogens is 1. The Balaban J connectivity index is 1.55. The molecule has 0 fully saturated rings. The van der Waals surface area contributed by atoms with Crippen LogP contribution in [0.1, 0.15) is 56.0 Å². The normalized spacial score (nSPS) is 15.7. The fourth-order valence-electron chi connectivity index (χ4n) is 4.49. The number of ether oxygens (including phenoxy) is 1. The molecule has 1 heterocycles. The van der Waals surface area contributed by atoms with E-state index in [-0.39, 0.29) is 23.4 Å². The van der Waals surface area contributed by atoms with Crippen LogP contribution in [0, 0.1) is 0 Å². The lowest BCUT2D eigenvalue weighted by molar-refractivity contribution is -0.134. The highest BCUT2D eigenvalue weighted by atomic mass is 16.5. The average molecular weight is 420 g/mol. The number of hydrogen-bond acceptors (Lipinski definition) is 4. The summed E-state index contributed by atoms with van der Waals surface area (Å²) in [6.45, 7) is 4.28. The van der Waals surface area contributed by atoms with Crippen LogP contribution >= 0.6 is 0 Å². The van der Waals surface area contributed by atoms with Crippen molar-refractivity contribution in [2.75, 3.05) is 7.11 Å². The number of benzene rings is 2. The summed E-state index contributed by atoms with van der Waals surface area (Å²) in [7, 11) is 1.68. The number of nitrogens with zero attached hydrogens (tertiary/aromatic N) is 2. The summed E-state index contributed by atoms with van der Waals surface area (Å²) >= 11 is 0. The second-order valence-electron chi connectivity index (χ2n) is 8.50. The van der Waals surface area contributed by atoms with E-state index < -0.39 is 0 Å². The molecule has 1 amide bonds. The molecule has 1 unspecified atom stereocenters. The molecule has 3 aromatic rings. The van der Waals surface area contributed by atoms with Crippen molar-refractivity contribution < 1.29 is 9.53 Å². The van der Waals surface area contributed by atoms with Crippen molar-refractivity contribution in [3.63, 3.8) is 0 Å². The van der Waals surface area contributed by atoms with Gasteiger partial charge in [0.1, 0.15) is 11.6 Å². The molecule has 6 heteroatoms. The lowest BCUT2D eigenvalue weighted by Gasteiger charge is -2.30. The van der Waals surface area contributed by atoms with Crippen LogP contribution in [-0.4, -0.2) is 33.9 Å². The Morgan fingerprint density at radius 1 is 1.26 bits per heavy atom. The van der Waals surface area contributed by atoms with Gasteiger partial charge in [-0.25, -0.2) is 4.98 Å². The number of aryl methyl sites for hydroxylation is 1. The van der Waals surface area contributed by atoms with E-state index >= 15 is 0 Å². The predicted molar refractivity (Wildman–Crippen MR) is 121 cm³/mol. The molecule has 0 saturated carbocycles. The van der Waals surface area contributed by atoms with Crippen LogP contribution in [0.3, 0.4) is 0 Å². The monoisotopic (exact) mass is 419 g/mol. The molecule has 1 atom stereocenters. The predicted octanol–water partition coefficient (Wildman–Crippen LogP) is 4.18. The minimum atomic E-state index is -0.174. The van der Waals surface area contributed by atoms with Crippen molar-refractivity contribution >= 4 is 16.8 Å². The summed E-state index contributed by atoms with van der Waals surface area (Å²) in [6, 6.07) is 13.4. The zero-order valence-electron chi connectivity index (χ0n) is 18.4. The summed E-state index contributed by atoms with van der Waals surface area (Å²) in [5, 5.41) is 0.558. The van der Waals surface area contributed by atoms with Gasteiger partial charge in [-0.3, -0.25) is 9.59 Å². The number of carbonyl (C=O) groups is 1. The molecule has 0 aliphatic heterocycles. The zero-order valence-corrected chi connectivity index (χ0v) is 18.4. The minimum Gasteiger partial charge on any atom is -0.497 e. The van der Waals surface area contributed by atoms with Crippen LogP contribution in [0.5, 0.6) is 5.75 Å². The molecule has 0 bridgehead atoms. The molecule has 1 aromatic heterocycles. The highest BCUT2D eigenvalue weighted by molar-refractivity contribution is 5.78. The van der Waals surface area contributed by atoms with Crippen molar-refractivity contribution in [3.8, 4) is 5.75 Å². The number of amides is 1. The van der Waals surface area contributed by atoms with Crippen LogP contribution in [0.4, 0.5) is 0 Å². The van der Waals surface area contributed by atoms with E-state index in [1.807, 2.05) is 43.0 Å². The lowest BCUT2D eigenvalue weighted by Crippen LogP contribution is -2.38. The Morgan fingerprint density at radius 2 is 2.06 bits per heavy atom. The van der Waals surface area contributed by atoms with Gasteiger partial charge in [-0.05, 0) is 74.4 Å². The van der Waals surface area contributed by atoms with Gasteiger partial charge in [-0.2, -0.15) is 0 Å². The number of carbonyl (C=O) groups excluding carboxylic acids is 1. The lowest BCUT2D eigenvalue weighted by atomic mass is 9.80. The number of nitrogens with one attached hydrogen (secondary N) is 1. The van der Waals surface area contributed by atoms with Gasteiger partial charge in [0.05, 0.1) is 24.6 Å². The molecule has 31 heavy (non-hydrogen) atoms. The quantitative estimate of drug-likeness (QED) is 0.650. The van der Waals surface area contributed by atoms with Gasteiger partial charge in [0, 0.05) is 12.5 Å². The number of para-hydroxylation sites is 1. The third-order valence-electron chi connectivity index (χ3n) is 6.14. The summed E-state index contributed by atoms with van der Waals surface area (Å²) in [4.78, 5) is 35.0. The number of methoxy groups -OCH3 is 1. The largest absolute Gasteiger partial charge is 0.497 e. The van der Waals surface area contributed by atoms with Gasteiger partial charge in [-0.15, -0.1) is 0 Å². The van der Waals surface area contributed by atoms with Gasteiger partial charge in [0.15, 0.2) is 0 Å². The van der Waals surface area contributed by atoms with Crippen LogP contribution < -0.4 is 10.3 Å². The SMILES string of the molecule is COc1ccc2c(c1)CCCC2CC(=O)N(Cc1nc2ccccc2c(=O)[nH]1)C(C)C. The topological polar surface area (TPSA) is 75.3 Å². The molecule has 1 N–H and O–H groups in total. The van der Waals surface area contributed by atoms with Crippen molar-refractivity contribution in [3.05, 3.63) is 69.8 Å². The van der Waals surface area contributed by atoms with Crippen LogP contribution in [-0.2, 0) is 17.8 Å². The Morgan fingerprint density at radius 3 is 2.84 bits per heavy atom. The molecule has 4 rings (SSSR count). The second kappa shape index (κ2) is 8.92. The van der Waals surface area contributed by atoms with Gasteiger partial charge >= 0.3 is 0 Å². The number of aromatic nitrogens is 2. The second-order valence-corrected chi connectivity index (χ2v) is 8.50. The van der Waals surface area contributed by atoms with Gasteiger partial charge in [0.25, 0.3) is 5.56 Å². The van der Waals surface area contributed by atoms with Crippen molar-refractivity contribution in [2.45, 2.75) is 58.0 Å². The molecule has 0 radical (unpaired) electrons. The van der Waals surface area contributed by atoms with Gasteiger partial charge in [-0.1, -0.05) is 18.2 Å². The van der Waals surface area contributed by atoms with E-state index in [0.29, 0.717) is 29.7 Å². The summed E-state index contributed by atoms with van der Waals surface area (Å²) in [5.74, 6) is 1.66. The molecular weight excluding hydrogens is 390 g/mol. The Bertz CT molecular complexity index is 1150. The number of hydrogen-bond donors (Lipinski definition) is 1. The van der Waals surface area contributed by atoms with Crippen molar-refractivity contribution in [1.29, 1.82) is 0 Å². The molecular formula is C25H29N3O3. The molecule has 162 valence electrons. The van der Waals surface area contributed by atoms with E-state index in [1.54, 1.807) is 13.2 Å². The first kappa shape index (κ1) is 21.1. The first-order valence-corrected chi connectivity index (χ1v) is 10.9. The summed E-state index contributed by atoms with van der Waals surface area (Å²) in [6.07, 6.45) is 3.55. The third kappa shape index (κ3) is 4.48. The number of aromatic amines is 1. The minimum absolute atomic E-state index is 0.00296. The first-order chi connectivity index (χ1) is 15.0. The standard InChI is InChI=1S/C25H29N3O3/c1-16(2)28(15-23-26-22-10-5-4-9-21(22)25(30)27-23)24(29)14-18-8-6-7-17-13-19(31-3)11-12-20(17)18/h4-5,9-13,16,18H,6-8,14-15H2,1-3H3,(H,26,27,30). The first-order valence-electron chi connectivity index (χ1n) is 10.9. The van der Waals surface area contributed by atoms with E-state index in [9.17, 15) is 9.59 Å². The van der Waals surface area contributed by atoms with Crippen molar-refractivity contribution in [2.24, 2.45) is 0 Å². The zero-order chi connectivity index (χ0) is 22.0. The fraction of sp³-hybridized carbons (Fsp3) is 0.400. The van der Waals surface area contributed by atoms with E-state index in [2.05, 4.69) is 22.1 Å². The van der Waals surface area contributed by atoms with Gasteiger partial charge < -0.3 is 14.6 Å². The molecule has 1 aliphatic rings. The van der Waals surface area contributed by atoms with E-state index in [4.69, 9.17) is 4.74 Å². The molecule has 1 aliphatic carbocycles. The molecule has 2 aromatic carbocycles. The number of fused-ring (bicyclic) bond motifs is 2. The Hall–Kier alpha value is -3.15. The van der Waals surface area contributed by atoms with E-state index in [1.165, 1.54) is 11.1 Å². The molecule has 6 nitrogen and oxygen atoms in total. The number of rotatable bonds is 6. The Kier molecular flexibility index (Phi) is 6.07. The average Bonchev–Trinajstić information content (AvgIpc) is 2.77. The van der Waals surface area contributed by atoms with Crippen LogP contribution in [0.25, 0.3) is 10.9 Å².